The predicted molar refractivity (Wildman–Crippen MR) is 80.5 cm³/mol. The smallest absolute Gasteiger partial charge is 0.320 e. The Hall–Kier alpha value is -1.60. The summed E-state index contributed by atoms with van der Waals surface area (Å²) in [6, 6.07) is 3.15. The molecular weight excluding hydrogens is 294 g/mol. The van der Waals surface area contributed by atoms with Gasteiger partial charge in [-0.15, -0.1) is 11.8 Å². The van der Waals surface area contributed by atoms with E-state index in [1.807, 2.05) is 12.1 Å². The van der Waals surface area contributed by atoms with Crippen LogP contribution in [0.15, 0.2) is 12.1 Å². The Morgan fingerprint density at radius 1 is 1.24 bits per heavy atom. The molecular formula is C14H19NO5S. The summed E-state index contributed by atoms with van der Waals surface area (Å²) in [7, 11) is 4.67. The normalized spacial score (nSPS) is 21.7. The van der Waals surface area contributed by atoms with Gasteiger partial charge in [-0.2, -0.15) is 0 Å². The molecule has 1 aliphatic heterocycles. The van der Waals surface area contributed by atoms with Gasteiger partial charge in [-0.05, 0) is 29.9 Å². The minimum absolute atomic E-state index is 0.117. The molecule has 116 valence electrons. The predicted octanol–water partition coefficient (Wildman–Crippen LogP) is 1.89. The van der Waals surface area contributed by atoms with Crippen LogP contribution >= 0.6 is 11.8 Å². The summed E-state index contributed by atoms with van der Waals surface area (Å²) >= 11 is 1.66. The fraction of sp³-hybridized carbons (Fsp3) is 0.500. The Bertz CT molecular complexity index is 497. The Labute approximate surface area is 127 Å². The maximum Gasteiger partial charge on any atom is 0.320 e. The van der Waals surface area contributed by atoms with E-state index >= 15 is 0 Å². The van der Waals surface area contributed by atoms with Crippen molar-refractivity contribution in [2.45, 2.75) is 17.8 Å². The molecule has 0 aliphatic carbocycles. The van der Waals surface area contributed by atoms with Gasteiger partial charge in [0.25, 0.3) is 0 Å². The number of nitrogens with one attached hydrogen (secondary N) is 1. The Balaban J connectivity index is 2.32. The fourth-order valence-electron chi connectivity index (χ4n) is 2.26. The topological polar surface area (TPSA) is 77.0 Å². The van der Waals surface area contributed by atoms with E-state index in [1.54, 1.807) is 33.1 Å². The number of aliphatic carboxylic acids is 1. The van der Waals surface area contributed by atoms with Gasteiger partial charge in [0, 0.05) is 0 Å². The molecule has 1 saturated heterocycles. The highest BCUT2D eigenvalue weighted by Crippen LogP contribution is 2.42. The lowest BCUT2D eigenvalue weighted by Crippen LogP contribution is -2.41. The average Bonchev–Trinajstić information content (AvgIpc) is 2.53. The van der Waals surface area contributed by atoms with Crippen molar-refractivity contribution in [3.63, 3.8) is 0 Å². The highest BCUT2D eigenvalue weighted by Gasteiger charge is 2.28. The molecule has 7 heteroatoms. The highest BCUT2D eigenvalue weighted by molar-refractivity contribution is 7.99. The highest BCUT2D eigenvalue weighted by atomic mass is 32.2. The van der Waals surface area contributed by atoms with E-state index in [0.29, 0.717) is 23.7 Å². The van der Waals surface area contributed by atoms with Crippen LogP contribution in [-0.2, 0) is 4.79 Å². The minimum Gasteiger partial charge on any atom is -0.493 e. The quantitative estimate of drug-likeness (QED) is 0.859. The molecule has 0 bridgehead atoms. The molecule has 1 aliphatic rings. The molecule has 1 aromatic carbocycles. The van der Waals surface area contributed by atoms with Crippen molar-refractivity contribution in [1.82, 2.24) is 5.32 Å². The van der Waals surface area contributed by atoms with Gasteiger partial charge in [-0.3, -0.25) is 10.1 Å². The van der Waals surface area contributed by atoms with Crippen LogP contribution in [0.25, 0.3) is 0 Å². The fourth-order valence-corrected chi connectivity index (χ4v) is 3.45. The monoisotopic (exact) mass is 313 g/mol. The maximum absolute atomic E-state index is 11.1. The van der Waals surface area contributed by atoms with E-state index in [-0.39, 0.29) is 5.37 Å². The van der Waals surface area contributed by atoms with Crippen molar-refractivity contribution >= 4 is 17.7 Å². The van der Waals surface area contributed by atoms with Crippen LogP contribution in [0.4, 0.5) is 0 Å². The molecule has 2 N–H and O–H groups in total. The van der Waals surface area contributed by atoms with E-state index in [2.05, 4.69) is 5.32 Å². The molecule has 0 spiro atoms. The molecule has 2 unspecified atom stereocenters. The number of benzene rings is 1. The van der Waals surface area contributed by atoms with Gasteiger partial charge in [-0.25, -0.2) is 0 Å². The first-order chi connectivity index (χ1) is 10.1. The zero-order chi connectivity index (χ0) is 15.4. The van der Waals surface area contributed by atoms with Crippen molar-refractivity contribution in [2.75, 3.05) is 27.1 Å². The van der Waals surface area contributed by atoms with Crippen LogP contribution in [0.2, 0.25) is 0 Å². The van der Waals surface area contributed by atoms with E-state index in [1.165, 1.54) is 0 Å². The van der Waals surface area contributed by atoms with Crippen molar-refractivity contribution in [2.24, 2.45) is 0 Å². The molecule has 0 amide bonds. The second-order valence-corrected chi connectivity index (χ2v) is 5.77. The van der Waals surface area contributed by atoms with Gasteiger partial charge in [0.15, 0.2) is 11.5 Å². The summed E-state index contributed by atoms with van der Waals surface area (Å²) in [4.78, 5) is 11.1. The molecule has 0 radical (unpaired) electrons. The molecule has 1 heterocycles. The second-order valence-electron chi connectivity index (χ2n) is 4.56. The summed E-state index contributed by atoms with van der Waals surface area (Å²) in [6.45, 7) is 0. The summed E-state index contributed by atoms with van der Waals surface area (Å²) in [6.07, 6.45) is 0.612. The lowest BCUT2D eigenvalue weighted by molar-refractivity contribution is -0.139. The molecule has 2 atom stereocenters. The lowest BCUT2D eigenvalue weighted by atomic mass is 10.1. The number of ether oxygens (including phenoxy) is 3. The summed E-state index contributed by atoms with van der Waals surface area (Å²) in [5.41, 5.74) is 0.903. The Morgan fingerprint density at radius 2 is 1.86 bits per heavy atom. The van der Waals surface area contributed by atoms with Crippen LogP contribution in [0.1, 0.15) is 17.4 Å². The number of carboxylic acid groups (broad SMARTS) is 1. The van der Waals surface area contributed by atoms with Crippen molar-refractivity contribution in [3.05, 3.63) is 17.7 Å². The zero-order valence-electron chi connectivity index (χ0n) is 12.2. The molecule has 2 rings (SSSR count). The largest absolute Gasteiger partial charge is 0.493 e. The molecule has 0 saturated carbocycles. The van der Waals surface area contributed by atoms with Crippen LogP contribution < -0.4 is 19.5 Å². The number of hydrogen-bond donors (Lipinski definition) is 2. The van der Waals surface area contributed by atoms with Gasteiger partial charge in [-0.1, -0.05) is 0 Å². The van der Waals surface area contributed by atoms with Crippen molar-refractivity contribution in [1.29, 1.82) is 0 Å². The Morgan fingerprint density at radius 3 is 2.33 bits per heavy atom. The SMILES string of the molecule is COc1cc(C2NC(C(=O)O)CCS2)cc(OC)c1OC. The second kappa shape index (κ2) is 6.91. The van der Waals surface area contributed by atoms with Gasteiger partial charge < -0.3 is 19.3 Å². The summed E-state index contributed by atoms with van der Waals surface area (Å²) < 4.78 is 15.9. The number of rotatable bonds is 5. The third kappa shape index (κ3) is 3.36. The first-order valence-corrected chi connectivity index (χ1v) is 7.56. The van der Waals surface area contributed by atoms with Gasteiger partial charge in [0.2, 0.25) is 5.75 Å². The number of thioether (sulfide) groups is 1. The standard InChI is InChI=1S/C14H19NO5S/c1-18-10-6-8(7-11(19-2)12(10)20-3)13-15-9(14(16)17)4-5-21-13/h6-7,9,13,15H,4-5H2,1-3H3,(H,16,17). The summed E-state index contributed by atoms with van der Waals surface area (Å²) in [5, 5.41) is 12.1. The molecule has 6 nitrogen and oxygen atoms in total. The number of hydrogen-bond acceptors (Lipinski definition) is 6. The molecule has 0 aromatic heterocycles. The first-order valence-electron chi connectivity index (χ1n) is 6.51. The zero-order valence-corrected chi connectivity index (χ0v) is 13.0. The van der Waals surface area contributed by atoms with E-state index < -0.39 is 12.0 Å². The van der Waals surface area contributed by atoms with Crippen LogP contribution in [0.3, 0.4) is 0 Å². The first kappa shape index (κ1) is 15.8. The van der Waals surface area contributed by atoms with Crippen molar-refractivity contribution in [3.8, 4) is 17.2 Å². The number of carboxylic acids is 1. The minimum atomic E-state index is -0.826. The van der Waals surface area contributed by atoms with Gasteiger partial charge >= 0.3 is 5.97 Å². The number of methoxy groups -OCH3 is 3. The lowest BCUT2D eigenvalue weighted by Gasteiger charge is -2.29. The van der Waals surface area contributed by atoms with Crippen LogP contribution in [0.5, 0.6) is 17.2 Å². The molecule has 1 aromatic rings. The van der Waals surface area contributed by atoms with E-state index in [4.69, 9.17) is 19.3 Å². The van der Waals surface area contributed by atoms with E-state index in [0.717, 1.165) is 11.3 Å². The maximum atomic E-state index is 11.1. The average molecular weight is 313 g/mol. The summed E-state index contributed by atoms with van der Waals surface area (Å²) in [5.74, 6) is 1.61. The molecule has 21 heavy (non-hydrogen) atoms. The third-order valence-electron chi connectivity index (χ3n) is 3.33. The Kier molecular flexibility index (Phi) is 5.19. The van der Waals surface area contributed by atoms with Crippen LogP contribution in [-0.4, -0.2) is 44.2 Å². The van der Waals surface area contributed by atoms with Crippen LogP contribution in [0, 0.1) is 0 Å². The van der Waals surface area contributed by atoms with Gasteiger partial charge in [0.1, 0.15) is 6.04 Å². The van der Waals surface area contributed by atoms with E-state index in [9.17, 15) is 4.79 Å². The third-order valence-corrected chi connectivity index (χ3v) is 4.54. The number of carbonyl (C=O) groups is 1. The van der Waals surface area contributed by atoms with Gasteiger partial charge in [0.05, 0.1) is 26.7 Å². The molecule has 1 fully saturated rings. The van der Waals surface area contributed by atoms with Crippen molar-refractivity contribution < 1.29 is 24.1 Å².